The van der Waals surface area contributed by atoms with Crippen molar-refractivity contribution in [3.63, 3.8) is 0 Å². The summed E-state index contributed by atoms with van der Waals surface area (Å²) in [6.45, 7) is 4.91. The lowest BCUT2D eigenvalue weighted by molar-refractivity contribution is -0.148. The van der Waals surface area contributed by atoms with Crippen LogP contribution in [-0.2, 0) is 14.3 Å². The van der Waals surface area contributed by atoms with E-state index in [-0.39, 0.29) is 18.4 Å². The highest BCUT2D eigenvalue weighted by molar-refractivity contribution is 5.82. The fourth-order valence-electron chi connectivity index (χ4n) is 1.83. The Balaban J connectivity index is 2.26. The summed E-state index contributed by atoms with van der Waals surface area (Å²) in [5.41, 5.74) is 0. The molecule has 1 aromatic carbocycles. The number of likely N-dealkylation sites (N-methyl/N-ethyl adjacent to an activating group) is 1. The van der Waals surface area contributed by atoms with Gasteiger partial charge in [-0.25, -0.2) is 0 Å². The molecule has 0 aromatic heterocycles. The fraction of sp³-hybridized carbons (Fsp3) is 0.500. The third-order valence-corrected chi connectivity index (χ3v) is 2.91. The highest BCUT2D eigenvalue weighted by atomic mass is 16.5. The molecule has 0 saturated heterocycles. The molecule has 0 bridgehead atoms. The van der Waals surface area contributed by atoms with Gasteiger partial charge in [-0.15, -0.1) is 0 Å². The van der Waals surface area contributed by atoms with Gasteiger partial charge in [-0.2, -0.15) is 0 Å². The normalized spacial score (nSPS) is 10.0. The van der Waals surface area contributed by atoms with Crippen LogP contribution in [0.25, 0.3) is 0 Å². The van der Waals surface area contributed by atoms with Crippen LogP contribution in [0.15, 0.2) is 30.3 Å². The number of rotatable bonds is 9. The van der Waals surface area contributed by atoms with Crippen molar-refractivity contribution in [1.29, 1.82) is 0 Å². The molecule has 1 rings (SSSR count). The summed E-state index contributed by atoms with van der Waals surface area (Å²) in [5, 5.41) is 0. The number of benzene rings is 1. The summed E-state index contributed by atoms with van der Waals surface area (Å²) in [6, 6.07) is 9.48. The minimum Gasteiger partial charge on any atom is -0.494 e. The molecule has 0 heterocycles. The Morgan fingerprint density at radius 3 is 2.48 bits per heavy atom. The second-order valence-corrected chi connectivity index (χ2v) is 4.48. The molecule has 116 valence electrons. The van der Waals surface area contributed by atoms with E-state index in [0.29, 0.717) is 32.6 Å². The maximum Gasteiger partial charge on any atom is 0.325 e. The number of hydrogen-bond donors (Lipinski definition) is 0. The van der Waals surface area contributed by atoms with Crippen molar-refractivity contribution in [2.75, 3.05) is 26.3 Å². The maximum absolute atomic E-state index is 12.0. The van der Waals surface area contributed by atoms with E-state index in [1.807, 2.05) is 37.3 Å². The molecule has 5 nitrogen and oxygen atoms in total. The van der Waals surface area contributed by atoms with Crippen molar-refractivity contribution in [3.05, 3.63) is 30.3 Å². The number of nitrogens with zero attached hydrogens (tertiary/aromatic N) is 1. The summed E-state index contributed by atoms with van der Waals surface area (Å²) in [6.07, 6.45) is 0.979. The van der Waals surface area contributed by atoms with Crippen LogP contribution in [0.5, 0.6) is 5.75 Å². The van der Waals surface area contributed by atoms with E-state index in [1.54, 1.807) is 6.92 Å². The predicted molar refractivity (Wildman–Crippen MR) is 80.1 cm³/mol. The van der Waals surface area contributed by atoms with Crippen molar-refractivity contribution in [1.82, 2.24) is 4.90 Å². The van der Waals surface area contributed by atoms with Crippen LogP contribution < -0.4 is 4.74 Å². The van der Waals surface area contributed by atoms with E-state index in [9.17, 15) is 9.59 Å². The third-order valence-electron chi connectivity index (χ3n) is 2.91. The van der Waals surface area contributed by atoms with Gasteiger partial charge < -0.3 is 14.4 Å². The van der Waals surface area contributed by atoms with Crippen molar-refractivity contribution in [3.8, 4) is 5.75 Å². The van der Waals surface area contributed by atoms with E-state index < -0.39 is 0 Å². The van der Waals surface area contributed by atoms with Gasteiger partial charge in [0.2, 0.25) is 5.91 Å². The Kier molecular flexibility index (Phi) is 7.94. The minimum atomic E-state index is -0.367. The van der Waals surface area contributed by atoms with Crippen molar-refractivity contribution in [2.45, 2.75) is 26.7 Å². The Bertz CT molecular complexity index is 433. The Morgan fingerprint density at radius 2 is 1.86 bits per heavy atom. The molecule has 0 unspecified atom stereocenters. The molecule has 0 aliphatic rings. The molecule has 0 saturated carbocycles. The number of hydrogen-bond acceptors (Lipinski definition) is 4. The maximum atomic E-state index is 12.0. The average Bonchev–Trinajstić information content (AvgIpc) is 2.50. The third kappa shape index (κ3) is 6.79. The van der Waals surface area contributed by atoms with E-state index in [4.69, 9.17) is 9.47 Å². The lowest BCUT2D eigenvalue weighted by atomic mass is 10.2. The van der Waals surface area contributed by atoms with Gasteiger partial charge in [-0.3, -0.25) is 9.59 Å². The smallest absolute Gasteiger partial charge is 0.325 e. The van der Waals surface area contributed by atoms with E-state index in [1.165, 1.54) is 4.90 Å². The van der Waals surface area contributed by atoms with Crippen LogP contribution in [0.2, 0.25) is 0 Å². The molecule has 0 atom stereocenters. The first-order valence-electron chi connectivity index (χ1n) is 7.28. The number of carbonyl (C=O) groups is 2. The number of para-hydroxylation sites is 1. The first-order chi connectivity index (χ1) is 10.2. The monoisotopic (exact) mass is 293 g/mol. The molecule has 1 aromatic rings. The van der Waals surface area contributed by atoms with Gasteiger partial charge in [0.05, 0.1) is 13.2 Å². The van der Waals surface area contributed by atoms with Gasteiger partial charge in [0, 0.05) is 13.0 Å². The molecule has 1 amide bonds. The van der Waals surface area contributed by atoms with E-state index in [0.717, 1.165) is 5.75 Å². The zero-order valence-electron chi connectivity index (χ0n) is 12.7. The summed E-state index contributed by atoms with van der Waals surface area (Å²) in [4.78, 5) is 24.9. The Hall–Kier alpha value is -2.04. The van der Waals surface area contributed by atoms with Gasteiger partial charge in [0.15, 0.2) is 0 Å². The lowest BCUT2D eigenvalue weighted by Gasteiger charge is -2.19. The van der Waals surface area contributed by atoms with Gasteiger partial charge in [0.1, 0.15) is 12.3 Å². The standard InChI is InChI=1S/C16H23NO4/c1-3-17(13-16(19)20-4-2)15(18)11-8-12-21-14-9-6-5-7-10-14/h5-7,9-10H,3-4,8,11-13H2,1-2H3. The summed E-state index contributed by atoms with van der Waals surface area (Å²) >= 11 is 0. The number of ether oxygens (including phenoxy) is 2. The quantitative estimate of drug-likeness (QED) is 0.517. The van der Waals surface area contributed by atoms with Crippen LogP contribution in [0.3, 0.4) is 0 Å². The SMILES string of the molecule is CCOC(=O)CN(CC)C(=O)CCCOc1ccccc1. The van der Waals surface area contributed by atoms with Gasteiger partial charge >= 0.3 is 5.97 Å². The average molecular weight is 293 g/mol. The first kappa shape index (κ1) is 17.0. The molecular formula is C16H23NO4. The summed E-state index contributed by atoms with van der Waals surface area (Å²) in [5.74, 6) is 0.374. The number of carbonyl (C=O) groups excluding carboxylic acids is 2. The van der Waals surface area contributed by atoms with Crippen LogP contribution in [0.1, 0.15) is 26.7 Å². The van der Waals surface area contributed by atoms with Crippen LogP contribution in [0, 0.1) is 0 Å². The molecule has 0 fully saturated rings. The second-order valence-electron chi connectivity index (χ2n) is 4.48. The largest absolute Gasteiger partial charge is 0.494 e. The highest BCUT2D eigenvalue weighted by Crippen LogP contribution is 2.09. The van der Waals surface area contributed by atoms with Crippen molar-refractivity contribution in [2.24, 2.45) is 0 Å². The number of amides is 1. The van der Waals surface area contributed by atoms with Crippen molar-refractivity contribution < 1.29 is 19.1 Å². The zero-order valence-corrected chi connectivity index (χ0v) is 12.7. The number of esters is 1. The Morgan fingerprint density at radius 1 is 1.14 bits per heavy atom. The first-order valence-corrected chi connectivity index (χ1v) is 7.28. The van der Waals surface area contributed by atoms with Crippen LogP contribution in [-0.4, -0.2) is 43.1 Å². The molecule has 5 heteroatoms. The van der Waals surface area contributed by atoms with Crippen LogP contribution >= 0.6 is 0 Å². The summed E-state index contributed by atoms with van der Waals surface area (Å²) in [7, 11) is 0. The molecule has 21 heavy (non-hydrogen) atoms. The van der Waals surface area contributed by atoms with E-state index in [2.05, 4.69) is 0 Å². The van der Waals surface area contributed by atoms with Crippen LogP contribution in [0.4, 0.5) is 0 Å². The van der Waals surface area contributed by atoms with Gasteiger partial charge in [-0.1, -0.05) is 18.2 Å². The Labute approximate surface area is 125 Å². The van der Waals surface area contributed by atoms with E-state index >= 15 is 0 Å². The molecular weight excluding hydrogens is 270 g/mol. The molecule has 0 radical (unpaired) electrons. The second kappa shape index (κ2) is 9.80. The predicted octanol–water partition coefficient (Wildman–Crippen LogP) is 2.26. The van der Waals surface area contributed by atoms with Crippen molar-refractivity contribution >= 4 is 11.9 Å². The highest BCUT2D eigenvalue weighted by Gasteiger charge is 2.15. The lowest BCUT2D eigenvalue weighted by Crippen LogP contribution is -2.36. The zero-order chi connectivity index (χ0) is 15.5. The molecule has 0 N–H and O–H groups in total. The topological polar surface area (TPSA) is 55.8 Å². The fourth-order valence-corrected chi connectivity index (χ4v) is 1.83. The summed E-state index contributed by atoms with van der Waals surface area (Å²) < 4.78 is 10.4. The molecule has 0 aliphatic carbocycles. The minimum absolute atomic E-state index is 0.0166. The molecule has 0 spiro atoms. The molecule has 0 aliphatic heterocycles. The van der Waals surface area contributed by atoms with Gasteiger partial charge in [0.25, 0.3) is 0 Å². The van der Waals surface area contributed by atoms with Gasteiger partial charge in [-0.05, 0) is 32.4 Å².